The Labute approximate surface area is 166 Å². The van der Waals surface area contributed by atoms with Crippen molar-refractivity contribution in [2.75, 3.05) is 0 Å². The van der Waals surface area contributed by atoms with E-state index in [4.69, 9.17) is 4.74 Å². The second kappa shape index (κ2) is 11.0. The smallest absolute Gasteiger partial charge is 0.309 e. The first-order chi connectivity index (χ1) is 12.2. The van der Waals surface area contributed by atoms with Crippen molar-refractivity contribution in [3.05, 3.63) is 39.0 Å². The lowest BCUT2D eigenvalue weighted by Gasteiger charge is -2.25. The van der Waals surface area contributed by atoms with Crippen LogP contribution in [0.3, 0.4) is 0 Å². The highest BCUT2D eigenvalue weighted by Crippen LogP contribution is 2.33. The number of benzene rings is 1. The van der Waals surface area contributed by atoms with Crippen LogP contribution in [0.25, 0.3) is 6.08 Å². The second-order valence-electron chi connectivity index (χ2n) is 7.03. The molecule has 0 aromatic heterocycles. The largest absolute Gasteiger partial charge is 0.457 e. The van der Waals surface area contributed by atoms with Gasteiger partial charge in [0.2, 0.25) is 0 Å². The highest BCUT2D eigenvalue weighted by atomic mass is 127. The van der Waals surface area contributed by atoms with Crippen molar-refractivity contribution in [1.29, 1.82) is 0 Å². The Morgan fingerprint density at radius 1 is 1.16 bits per heavy atom. The number of unbranched alkanes of at least 4 members (excludes halogenated alkanes) is 4. The van der Waals surface area contributed by atoms with Crippen molar-refractivity contribution >= 4 is 34.6 Å². The highest BCUT2D eigenvalue weighted by molar-refractivity contribution is 14.1. The van der Waals surface area contributed by atoms with Gasteiger partial charge in [0.25, 0.3) is 0 Å². The Morgan fingerprint density at radius 2 is 1.92 bits per heavy atom. The van der Waals surface area contributed by atoms with Crippen LogP contribution in [0.15, 0.2) is 24.3 Å². The van der Waals surface area contributed by atoms with Crippen molar-refractivity contribution in [1.82, 2.24) is 0 Å². The fraction of sp³-hybridized carbons (Fsp3) is 0.591. The van der Waals surface area contributed by atoms with Gasteiger partial charge in [0.05, 0.1) is 5.92 Å². The molecule has 3 heteroatoms. The van der Waals surface area contributed by atoms with Gasteiger partial charge in [-0.15, -0.1) is 0 Å². The molecule has 0 N–H and O–H groups in total. The quantitative estimate of drug-likeness (QED) is 0.215. The molecule has 0 amide bonds. The Morgan fingerprint density at radius 3 is 2.68 bits per heavy atom. The minimum Gasteiger partial charge on any atom is -0.457 e. The third kappa shape index (κ3) is 6.43. The molecule has 1 aromatic rings. The molecular formula is C22H31IO2. The van der Waals surface area contributed by atoms with Crippen LogP contribution in [0, 0.1) is 9.49 Å². The SMILES string of the molecule is CCCCCCC(CCCC)C(=O)OC1CC=Cc2cc(I)ccc21. The van der Waals surface area contributed by atoms with E-state index in [9.17, 15) is 4.79 Å². The van der Waals surface area contributed by atoms with Gasteiger partial charge >= 0.3 is 5.97 Å². The van der Waals surface area contributed by atoms with Gasteiger partial charge in [-0.1, -0.05) is 70.6 Å². The van der Waals surface area contributed by atoms with Crippen LogP contribution in [0.1, 0.15) is 88.9 Å². The predicted molar refractivity (Wildman–Crippen MR) is 113 cm³/mol. The van der Waals surface area contributed by atoms with Gasteiger partial charge in [-0.3, -0.25) is 4.79 Å². The highest BCUT2D eigenvalue weighted by Gasteiger charge is 2.25. The van der Waals surface area contributed by atoms with Crippen LogP contribution in [0.2, 0.25) is 0 Å². The first kappa shape index (κ1) is 20.5. The topological polar surface area (TPSA) is 26.3 Å². The summed E-state index contributed by atoms with van der Waals surface area (Å²) in [6, 6.07) is 6.37. The van der Waals surface area contributed by atoms with Crippen LogP contribution in [-0.2, 0) is 9.53 Å². The van der Waals surface area contributed by atoms with E-state index in [1.807, 2.05) is 0 Å². The minimum absolute atomic E-state index is 0.00903. The number of rotatable bonds is 10. The number of ether oxygens (including phenoxy) is 1. The molecule has 138 valence electrons. The summed E-state index contributed by atoms with van der Waals surface area (Å²) in [5.74, 6) is 0.0739. The number of halogens is 1. The van der Waals surface area contributed by atoms with Crippen molar-refractivity contribution < 1.29 is 9.53 Å². The molecule has 25 heavy (non-hydrogen) atoms. The molecule has 0 bridgehead atoms. The molecule has 0 saturated heterocycles. The van der Waals surface area contributed by atoms with E-state index >= 15 is 0 Å². The van der Waals surface area contributed by atoms with Crippen LogP contribution in [-0.4, -0.2) is 5.97 Å². The molecule has 0 heterocycles. The number of carbonyl (C=O) groups excluding carboxylic acids is 1. The average molecular weight is 454 g/mol. The van der Waals surface area contributed by atoms with Crippen LogP contribution in [0.5, 0.6) is 0 Å². The third-order valence-corrected chi connectivity index (χ3v) is 5.62. The van der Waals surface area contributed by atoms with E-state index in [1.54, 1.807) is 0 Å². The molecule has 2 unspecified atom stereocenters. The molecule has 2 rings (SSSR count). The maximum absolute atomic E-state index is 12.8. The van der Waals surface area contributed by atoms with Crippen molar-refractivity contribution in [3.8, 4) is 0 Å². The summed E-state index contributed by atoms with van der Waals surface area (Å²) in [4.78, 5) is 12.8. The Balaban J connectivity index is 1.98. The molecular weight excluding hydrogens is 423 g/mol. The van der Waals surface area contributed by atoms with Gasteiger partial charge in [0.1, 0.15) is 6.10 Å². The van der Waals surface area contributed by atoms with Crippen LogP contribution < -0.4 is 0 Å². The van der Waals surface area contributed by atoms with Gasteiger partial charge in [0.15, 0.2) is 0 Å². The molecule has 1 aliphatic carbocycles. The van der Waals surface area contributed by atoms with E-state index < -0.39 is 0 Å². The van der Waals surface area contributed by atoms with E-state index in [2.05, 4.69) is 66.8 Å². The summed E-state index contributed by atoms with van der Waals surface area (Å²) in [7, 11) is 0. The molecule has 0 spiro atoms. The zero-order chi connectivity index (χ0) is 18.1. The van der Waals surface area contributed by atoms with Gasteiger partial charge in [-0.2, -0.15) is 0 Å². The fourth-order valence-corrected chi connectivity index (χ4v) is 3.94. The van der Waals surface area contributed by atoms with Crippen LogP contribution in [0.4, 0.5) is 0 Å². The summed E-state index contributed by atoms with van der Waals surface area (Å²) in [6.45, 7) is 4.40. The fourth-order valence-electron chi connectivity index (χ4n) is 3.42. The molecule has 1 aromatic carbocycles. The zero-order valence-electron chi connectivity index (χ0n) is 15.6. The first-order valence-corrected chi connectivity index (χ1v) is 10.9. The second-order valence-corrected chi connectivity index (χ2v) is 8.27. The number of fused-ring (bicyclic) bond motifs is 1. The maximum Gasteiger partial charge on any atom is 0.309 e. The number of hydrogen-bond donors (Lipinski definition) is 0. The van der Waals surface area contributed by atoms with Crippen LogP contribution >= 0.6 is 22.6 Å². The normalized spacial score (nSPS) is 17.2. The molecule has 2 nitrogen and oxygen atoms in total. The molecule has 0 radical (unpaired) electrons. The van der Waals surface area contributed by atoms with E-state index in [0.717, 1.165) is 44.1 Å². The summed E-state index contributed by atoms with van der Waals surface area (Å²) < 4.78 is 7.19. The molecule has 0 saturated carbocycles. The number of carbonyl (C=O) groups is 1. The van der Waals surface area contributed by atoms with Gasteiger partial charge < -0.3 is 4.74 Å². The maximum atomic E-state index is 12.8. The summed E-state index contributed by atoms with van der Waals surface area (Å²) in [5, 5.41) is 0. The Kier molecular flexibility index (Phi) is 9.00. The van der Waals surface area contributed by atoms with Gasteiger partial charge in [-0.05, 0) is 53.1 Å². The average Bonchev–Trinajstić information content (AvgIpc) is 2.61. The van der Waals surface area contributed by atoms with E-state index in [0.29, 0.717) is 0 Å². The lowest BCUT2D eigenvalue weighted by Crippen LogP contribution is -2.21. The minimum atomic E-state index is -0.121. The third-order valence-electron chi connectivity index (χ3n) is 4.95. The molecule has 2 atom stereocenters. The first-order valence-electron chi connectivity index (χ1n) is 9.82. The lowest BCUT2D eigenvalue weighted by atomic mass is 9.93. The summed E-state index contributed by atoms with van der Waals surface area (Å²) >= 11 is 2.32. The Bertz CT molecular complexity index is 579. The summed E-state index contributed by atoms with van der Waals surface area (Å²) in [6.07, 6.45) is 13.9. The Hall–Kier alpha value is -0.840. The molecule has 0 fully saturated rings. The van der Waals surface area contributed by atoms with Crippen molar-refractivity contribution in [2.24, 2.45) is 5.92 Å². The monoisotopic (exact) mass is 454 g/mol. The molecule has 1 aliphatic rings. The number of esters is 1. The predicted octanol–water partition coefficient (Wildman–Crippen LogP) is 7.07. The van der Waals surface area contributed by atoms with Crippen molar-refractivity contribution in [2.45, 2.75) is 77.7 Å². The number of hydrogen-bond acceptors (Lipinski definition) is 2. The van der Waals surface area contributed by atoms with Crippen molar-refractivity contribution in [3.63, 3.8) is 0 Å². The zero-order valence-corrected chi connectivity index (χ0v) is 17.8. The standard InChI is InChI=1S/C22H31IO2/c1-3-5-7-8-11-17(10-6-4-2)22(24)25-21-13-9-12-18-16-19(23)14-15-20(18)21/h9,12,14-17,21H,3-8,10-11,13H2,1-2H3. The van der Waals surface area contributed by atoms with E-state index in [1.165, 1.54) is 28.4 Å². The summed E-state index contributed by atoms with van der Waals surface area (Å²) in [5.41, 5.74) is 2.33. The van der Waals surface area contributed by atoms with Gasteiger partial charge in [0, 0.05) is 15.6 Å². The van der Waals surface area contributed by atoms with E-state index in [-0.39, 0.29) is 18.0 Å². The van der Waals surface area contributed by atoms with Gasteiger partial charge in [-0.25, -0.2) is 0 Å². The molecule has 0 aliphatic heterocycles. The lowest BCUT2D eigenvalue weighted by molar-refractivity contribution is -0.155.